The predicted octanol–water partition coefficient (Wildman–Crippen LogP) is 2.11. The van der Waals surface area contributed by atoms with Crippen LogP contribution >= 0.6 is 0 Å². The zero-order chi connectivity index (χ0) is 13.5. The first kappa shape index (κ1) is 13.4. The van der Waals surface area contributed by atoms with E-state index in [0.29, 0.717) is 19.7 Å². The van der Waals surface area contributed by atoms with E-state index in [2.05, 4.69) is 11.4 Å². The van der Waals surface area contributed by atoms with E-state index in [1.807, 2.05) is 24.3 Å². The Kier molecular flexibility index (Phi) is 4.75. The molecular weight excluding hydrogens is 240 g/mol. The van der Waals surface area contributed by atoms with Crippen molar-refractivity contribution in [3.63, 3.8) is 0 Å². The van der Waals surface area contributed by atoms with Crippen LogP contribution in [0.1, 0.15) is 5.56 Å². The van der Waals surface area contributed by atoms with Gasteiger partial charge in [-0.25, -0.2) is 0 Å². The molecule has 2 aromatic rings. The number of methoxy groups -OCH3 is 1. The number of pyridine rings is 1. The monoisotopic (exact) mass is 258 g/mol. The van der Waals surface area contributed by atoms with Crippen molar-refractivity contribution in [3.8, 4) is 0 Å². The Morgan fingerprint density at radius 2 is 2.11 bits per heavy atom. The summed E-state index contributed by atoms with van der Waals surface area (Å²) in [6.07, 6.45) is 1.80. The summed E-state index contributed by atoms with van der Waals surface area (Å²) >= 11 is 0. The van der Waals surface area contributed by atoms with Gasteiger partial charge in [0.05, 0.1) is 6.61 Å². The maximum absolute atomic E-state index is 11.5. The standard InChI is InChI=1S/C15H18N2O2/c1-19-12-13-5-4-6-14(11-13)16-8-10-17-9-3-2-7-15(17)18/h2-7,9,11,16H,8,10,12H2,1H3. The van der Waals surface area contributed by atoms with E-state index in [1.54, 1.807) is 30.0 Å². The molecule has 0 aliphatic heterocycles. The second kappa shape index (κ2) is 6.75. The van der Waals surface area contributed by atoms with Crippen LogP contribution in [-0.4, -0.2) is 18.2 Å². The van der Waals surface area contributed by atoms with Crippen LogP contribution in [0.2, 0.25) is 0 Å². The molecule has 0 atom stereocenters. The average molecular weight is 258 g/mol. The normalized spacial score (nSPS) is 10.4. The van der Waals surface area contributed by atoms with E-state index in [0.717, 1.165) is 11.3 Å². The molecule has 0 unspecified atom stereocenters. The first-order valence-corrected chi connectivity index (χ1v) is 6.27. The van der Waals surface area contributed by atoms with Crippen LogP contribution in [0.3, 0.4) is 0 Å². The second-order valence-corrected chi connectivity index (χ2v) is 4.29. The summed E-state index contributed by atoms with van der Waals surface area (Å²) in [5, 5.41) is 3.30. The molecule has 0 bridgehead atoms. The van der Waals surface area contributed by atoms with Crippen LogP contribution in [0, 0.1) is 0 Å². The zero-order valence-electron chi connectivity index (χ0n) is 11.0. The molecule has 0 spiro atoms. The van der Waals surface area contributed by atoms with Gasteiger partial charge in [-0.1, -0.05) is 18.2 Å². The lowest BCUT2D eigenvalue weighted by Gasteiger charge is -2.09. The molecule has 19 heavy (non-hydrogen) atoms. The average Bonchev–Trinajstić information content (AvgIpc) is 2.42. The van der Waals surface area contributed by atoms with Gasteiger partial charge in [-0.05, 0) is 23.8 Å². The highest BCUT2D eigenvalue weighted by Crippen LogP contribution is 2.10. The molecule has 1 aromatic heterocycles. The number of nitrogens with zero attached hydrogens (tertiary/aromatic N) is 1. The van der Waals surface area contributed by atoms with Crippen molar-refractivity contribution >= 4 is 5.69 Å². The van der Waals surface area contributed by atoms with Crippen molar-refractivity contribution in [1.82, 2.24) is 4.57 Å². The molecule has 1 N–H and O–H groups in total. The van der Waals surface area contributed by atoms with Gasteiger partial charge in [-0.3, -0.25) is 4.79 Å². The van der Waals surface area contributed by atoms with Gasteiger partial charge < -0.3 is 14.6 Å². The molecular formula is C15H18N2O2. The van der Waals surface area contributed by atoms with Crippen molar-refractivity contribution in [2.45, 2.75) is 13.2 Å². The van der Waals surface area contributed by atoms with E-state index in [9.17, 15) is 4.79 Å². The summed E-state index contributed by atoms with van der Waals surface area (Å²) in [4.78, 5) is 11.5. The van der Waals surface area contributed by atoms with Crippen molar-refractivity contribution < 1.29 is 4.74 Å². The summed E-state index contributed by atoms with van der Waals surface area (Å²) in [6, 6.07) is 13.3. The SMILES string of the molecule is COCc1cccc(NCCn2ccccc2=O)c1. The molecule has 0 aliphatic carbocycles. The summed E-state index contributed by atoms with van der Waals surface area (Å²) in [5.74, 6) is 0. The molecule has 0 aliphatic rings. The number of aromatic nitrogens is 1. The van der Waals surface area contributed by atoms with Crippen molar-refractivity contribution in [3.05, 3.63) is 64.6 Å². The van der Waals surface area contributed by atoms with Crippen molar-refractivity contribution in [1.29, 1.82) is 0 Å². The maximum atomic E-state index is 11.5. The van der Waals surface area contributed by atoms with Crippen LogP contribution in [0.15, 0.2) is 53.5 Å². The van der Waals surface area contributed by atoms with Gasteiger partial charge in [-0.2, -0.15) is 0 Å². The summed E-state index contributed by atoms with van der Waals surface area (Å²) in [5.41, 5.74) is 2.19. The van der Waals surface area contributed by atoms with Crippen LogP contribution in [0.5, 0.6) is 0 Å². The minimum Gasteiger partial charge on any atom is -0.383 e. The van der Waals surface area contributed by atoms with Gasteiger partial charge in [0.2, 0.25) is 0 Å². The van der Waals surface area contributed by atoms with Crippen LogP contribution in [-0.2, 0) is 17.9 Å². The summed E-state index contributed by atoms with van der Waals surface area (Å²) in [6.45, 7) is 1.96. The molecule has 1 heterocycles. The first-order valence-electron chi connectivity index (χ1n) is 6.27. The third-order valence-electron chi connectivity index (χ3n) is 2.82. The number of benzene rings is 1. The minimum absolute atomic E-state index is 0.0254. The molecule has 4 heteroatoms. The number of ether oxygens (including phenoxy) is 1. The van der Waals surface area contributed by atoms with E-state index >= 15 is 0 Å². The fraction of sp³-hybridized carbons (Fsp3) is 0.267. The second-order valence-electron chi connectivity index (χ2n) is 4.29. The molecule has 0 saturated heterocycles. The Hall–Kier alpha value is -2.07. The number of hydrogen-bond donors (Lipinski definition) is 1. The molecule has 0 saturated carbocycles. The molecule has 0 radical (unpaired) electrons. The Labute approximate surface area is 112 Å². The van der Waals surface area contributed by atoms with Gasteiger partial charge in [0.15, 0.2) is 0 Å². The van der Waals surface area contributed by atoms with E-state index < -0.39 is 0 Å². The van der Waals surface area contributed by atoms with Gasteiger partial charge in [0.1, 0.15) is 0 Å². The topological polar surface area (TPSA) is 43.3 Å². The predicted molar refractivity (Wildman–Crippen MR) is 76.3 cm³/mol. The van der Waals surface area contributed by atoms with Crippen LogP contribution in [0.4, 0.5) is 5.69 Å². The van der Waals surface area contributed by atoms with Gasteiger partial charge in [-0.15, -0.1) is 0 Å². The van der Waals surface area contributed by atoms with Crippen molar-refractivity contribution in [2.75, 3.05) is 19.0 Å². The Bertz CT molecular complexity index is 578. The van der Waals surface area contributed by atoms with E-state index in [4.69, 9.17) is 4.74 Å². The summed E-state index contributed by atoms with van der Waals surface area (Å²) < 4.78 is 6.79. The van der Waals surface area contributed by atoms with Crippen molar-refractivity contribution in [2.24, 2.45) is 0 Å². The molecule has 0 fully saturated rings. The zero-order valence-corrected chi connectivity index (χ0v) is 11.0. The number of nitrogens with one attached hydrogen (secondary N) is 1. The molecule has 4 nitrogen and oxygen atoms in total. The van der Waals surface area contributed by atoms with Crippen LogP contribution in [0.25, 0.3) is 0 Å². The van der Waals surface area contributed by atoms with Gasteiger partial charge in [0, 0.05) is 38.1 Å². The highest BCUT2D eigenvalue weighted by Gasteiger charge is 1.97. The first-order chi connectivity index (χ1) is 9.29. The molecule has 0 amide bonds. The maximum Gasteiger partial charge on any atom is 0.250 e. The summed E-state index contributed by atoms with van der Waals surface area (Å²) in [7, 11) is 1.68. The minimum atomic E-state index is 0.0254. The lowest BCUT2D eigenvalue weighted by atomic mass is 10.2. The molecule has 2 rings (SSSR count). The van der Waals surface area contributed by atoms with E-state index in [-0.39, 0.29) is 5.56 Å². The Morgan fingerprint density at radius 3 is 2.89 bits per heavy atom. The molecule has 1 aromatic carbocycles. The number of anilines is 1. The highest BCUT2D eigenvalue weighted by atomic mass is 16.5. The number of hydrogen-bond acceptors (Lipinski definition) is 3. The smallest absolute Gasteiger partial charge is 0.250 e. The Balaban J connectivity index is 1.91. The number of rotatable bonds is 6. The fourth-order valence-electron chi connectivity index (χ4n) is 1.90. The lowest BCUT2D eigenvalue weighted by Crippen LogP contribution is -2.21. The van der Waals surface area contributed by atoms with Gasteiger partial charge in [0.25, 0.3) is 5.56 Å². The van der Waals surface area contributed by atoms with E-state index in [1.165, 1.54) is 0 Å². The fourth-order valence-corrected chi connectivity index (χ4v) is 1.90. The third-order valence-corrected chi connectivity index (χ3v) is 2.82. The Morgan fingerprint density at radius 1 is 1.21 bits per heavy atom. The third kappa shape index (κ3) is 3.96. The largest absolute Gasteiger partial charge is 0.383 e. The quantitative estimate of drug-likeness (QED) is 0.863. The van der Waals surface area contributed by atoms with Crippen LogP contribution < -0.4 is 10.9 Å². The van der Waals surface area contributed by atoms with Gasteiger partial charge >= 0.3 is 0 Å². The lowest BCUT2D eigenvalue weighted by molar-refractivity contribution is 0.185. The highest BCUT2D eigenvalue weighted by molar-refractivity contribution is 5.45. The molecule has 100 valence electrons.